The van der Waals surface area contributed by atoms with Gasteiger partial charge in [-0.3, -0.25) is 0 Å². The molecule has 2 aromatic rings. The van der Waals surface area contributed by atoms with Crippen LogP contribution in [0, 0.1) is 25.6 Å². The summed E-state index contributed by atoms with van der Waals surface area (Å²) in [7, 11) is 0. The quantitative estimate of drug-likeness (QED) is 0.109. The van der Waals surface area contributed by atoms with Gasteiger partial charge in [0.25, 0.3) is 0 Å². The van der Waals surface area contributed by atoms with Crippen molar-refractivity contribution in [3.05, 3.63) is 137 Å². The molecule has 0 fully saturated rings. The largest absolute Gasteiger partial charge is 0.317 e. The Kier molecular flexibility index (Phi) is 32.3. The highest BCUT2D eigenvalue weighted by Crippen LogP contribution is 2.19. The first-order valence-electron chi connectivity index (χ1n) is 16.2. The van der Waals surface area contributed by atoms with E-state index >= 15 is 0 Å². The maximum absolute atomic E-state index is 13.4. The van der Waals surface area contributed by atoms with Gasteiger partial charge < -0.3 is 5.32 Å². The Morgan fingerprint density at radius 3 is 2.00 bits per heavy atom. The molecule has 0 aliphatic carbocycles. The van der Waals surface area contributed by atoms with Crippen LogP contribution in [0.15, 0.2) is 109 Å². The molecule has 1 N–H and O–H groups in total. The third-order valence-corrected chi connectivity index (χ3v) is 6.16. The molecule has 2 rings (SSSR count). The molecule has 0 bridgehead atoms. The summed E-state index contributed by atoms with van der Waals surface area (Å²) >= 11 is 0. The maximum Gasteiger partial charge on any atom is 0.126 e. The van der Waals surface area contributed by atoms with Crippen LogP contribution in [-0.2, 0) is 12.8 Å². The zero-order valence-corrected chi connectivity index (χ0v) is 30.4. The van der Waals surface area contributed by atoms with Gasteiger partial charge in [-0.25, -0.2) is 4.39 Å². The third kappa shape index (κ3) is 27.6. The zero-order valence-electron chi connectivity index (χ0n) is 30.4. The van der Waals surface area contributed by atoms with Crippen LogP contribution >= 0.6 is 0 Å². The van der Waals surface area contributed by atoms with E-state index in [1.165, 1.54) is 27.8 Å². The van der Waals surface area contributed by atoms with Crippen molar-refractivity contribution >= 4 is 5.57 Å². The van der Waals surface area contributed by atoms with Crippen LogP contribution in [0.1, 0.15) is 104 Å². The number of hydrogen-bond donors (Lipinski definition) is 1. The Bertz CT molecular complexity index is 1200. The van der Waals surface area contributed by atoms with Crippen molar-refractivity contribution in [3.8, 4) is 12.8 Å². The SMILES string of the molecule is C#C.C/C=C\C=C(/C)c1ccccc1CC.C=C(C)/C=C\C(=C\C)CC.C=C(C)C.CCCNCCCc1ccc(C)cc1F. The fourth-order valence-electron chi connectivity index (χ4n) is 3.77. The van der Waals surface area contributed by atoms with Gasteiger partial charge in [0.05, 0.1) is 0 Å². The van der Waals surface area contributed by atoms with E-state index in [1.807, 2.05) is 52.8 Å². The van der Waals surface area contributed by atoms with Crippen LogP contribution < -0.4 is 5.32 Å². The molecule has 0 heterocycles. The molecule has 0 saturated heterocycles. The molecule has 45 heavy (non-hydrogen) atoms. The molecule has 248 valence electrons. The minimum atomic E-state index is -0.0644. The van der Waals surface area contributed by atoms with E-state index in [2.05, 4.69) is 121 Å². The highest BCUT2D eigenvalue weighted by atomic mass is 19.1. The molecule has 0 aliphatic heterocycles. The first-order valence-corrected chi connectivity index (χ1v) is 16.2. The van der Waals surface area contributed by atoms with Gasteiger partial charge in [-0.15, -0.1) is 19.4 Å². The van der Waals surface area contributed by atoms with Gasteiger partial charge in [0.1, 0.15) is 5.82 Å². The molecule has 0 spiro atoms. The average Bonchev–Trinajstić information content (AvgIpc) is 3.02. The Morgan fingerprint density at radius 1 is 0.889 bits per heavy atom. The number of halogens is 1. The second kappa shape index (κ2) is 31.7. The van der Waals surface area contributed by atoms with Gasteiger partial charge in [-0.2, -0.15) is 0 Å². The lowest BCUT2D eigenvalue weighted by Gasteiger charge is -2.06. The van der Waals surface area contributed by atoms with Gasteiger partial charge in [-0.05, 0) is 128 Å². The Balaban J connectivity index is -0.000000548. The molecule has 0 unspecified atom stereocenters. The highest BCUT2D eigenvalue weighted by molar-refractivity contribution is 5.67. The maximum atomic E-state index is 13.4. The predicted molar refractivity (Wildman–Crippen MR) is 205 cm³/mol. The number of benzene rings is 2. The zero-order chi connectivity index (χ0) is 35.0. The monoisotopic (exact) mass is 614 g/mol. The van der Waals surface area contributed by atoms with Crippen molar-refractivity contribution in [2.24, 2.45) is 0 Å². The normalized spacial score (nSPS) is 10.8. The minimum absolute atomic E-state index is 0.0644. The van der Waals surface area contributed by atoms with Crippen LogP contribution in [0.2, 0.25) is 0 Å². The fraction of sp³-hybridized carbons (Fsp3) is 0.395. The van der Waals surface area contributed by atoms with E-state index in [-0.39, 0.29) is 5.82 Å². The molecule has 2 aromatic carbocycles. The fourth-order valence-corrected chi connectivity index (χ4v) is 3.77. The van der Waals surface area contributed by atoms with E-state index in [4.69, 9.17) is 0 Å². The lowest BCUT2D eigenvalue weighted by Crippen LogP contribution is -2.16. The van der Waals surface area contributed by atoms with E-state index < -0.39 is 0 Å². The molecule has 2 heteroatoms. The first kappa shape index (κ1) is 45.8. The minimum Gasteiger partial charge on any atom is -0.317 e. The molecular formula is C43H64FN. The van der Waals surface area contributed by atoms with Gasteiger partial charge in [-0.1, -0.05) is 117 Å². The van der Waals surface area contributed by atoms with Crippen LogP contribution in [0.5, 0.6) is 0 Å². The summed E-state index contributed by atoms with van der Waals surface area (Å²) in [5, 5.41) is 3.31. The smallest absolute Gasteiger partial charge is 0.126 e. The van der Waals surface area contributed by atoms with E-state index in [1.54, 1.807) is 6.07 Å². The molecule has 0 aliphatic rings. The van der Waals surface area contributed by atoms with Crippen LogP contribution in [0.3, 0.4) is 0 Å². The Labute approximate surface area is 278 Å². The van der Waals surface area contributed by atoms with Crippen LogP contribution in [0.4, 0.5) is 4.39 Å². The predicted octanol–water partition coefficient (Wildman–Crippen LogP) is 12.6. The number of rotatable bonds is 12. The second-order valence-corrected chi connectivity index (χ2v) is 10.9. The molecule has 0 saturated carbocycles. The van der Waals surface area contributed by atoms with Crippen molar-refractivity contribution in [2.45, 2.75) is 101 Å². The number of nitrogens with one attached hydrogen (secondary N) is 1. The van der Waals surface area contributed by atoms with E-state index in [0.29, 0.717) is 0 Å². The number of terminal acetylenes is 1. The first-order chi connectivity index (χ1) is 21.5. The van der Waals surface area contributed by atoms with Gasteiger partial charge >= 0.3 is 0 Å². The van der Waals surface area contributed by atoms with Crippen molar-refractivity contribution in [2.75, 3.05) is 13.1 Å². The number of aryl methyl sites for hydroxylation is 3. The van der Waals surface area contributed by atoms with Gasteiger partial charge in [0, 0.05) is 0 Å². The van der Waals surface area contributed by atoms with Crippen LogP contribution in [-0.4, -0.2) is 13.1 Å². The molecule has 0 amide bonds. The molecule has 0 aromatic heterocycles. The second-order valence-electron chi connectivity index (χ2n) is 10.9. The Morgan fingerprint density at radius 2 is 1.51 bits per heavy atom. The molecular weight excluding hydrogens is 549 g/mol. The van der Waals surface area contributed by atoms with Crippen molar-refractivity contribution in [1.82, 2.24) is 5.32 Å². The summed E-state index contributed by atoms with van der Waals surface area (Å²) in [6.07, 6.45) is 25.7. The van der Waals surface area contributed by atoms with Crippen molar-refractivity contribution in [1.29, 1.82) is 0 Å². The summed E-state index contributed by atoms with van der Waals surface area (Å²) < 4.78 is 13.4. The molecule has 0 radical (unpaired) electrons. The lowest BCUT2D eigenvalue weighted by atomic mass is 9.99. The van der Waals surface area contributed by atoms with Crippen LogP contribution in [0.25, 0.3) is 5.57 Å². The van der Waals surface area contributed by atoms with Gasteiger partial charge in [0.15, 0.2) is 0 Å². The lowest BCUT2D eigenvalue weighted by molar-refractivity contribution is 0.591. The molecule has 0 atom stereocenters. The average molecular weight is 614 g/mol. The van der Waals surface area contributed by atoms with E-state index in [0.717, 1.165) is 61.9 Å². The number of allylic oxidation sites excluding steroid dienone is 10. The topological polar surface area (TPSA) is 12.0 Å². The summed E-state index contributed by atoms with van der Waals surface area (Å²) in [5.41, 5.74) is 9.58. The van der Waals surface area contributed by atoms with Gasteiger partial charge in [0.2, 0.25) is 0 Å². The summed E-state index contributed by atoms with van der Waals surface area (Å²) in [4.78, 5) is 0. The molecule has 1 nitrogen and oxygen atoms in total. The van der Waals surface area contributed by atoms with Crippen molar-refractivity contribution < 1.29 is 4.39 Å². The summed E-state index contributed by atoms with van der Waals surface area (Å²) in [6, 6.07) is 14.1. The number of hydrogen-bond acceptors (Lipinski definition) is 1. The Hall–Kier alpha value is -3.67. The van der Waals surface area contributed by atoms with Crippen molar-refractivity contribution in [3.63, 3.8) is 0 Å². The third-order valence-electron chi connectivity index (χ3n) is 6.16. The van der Waals surface area contributed by atoms with E-state index in [9.17, 15) is 4.39 Å². The highest BCUT2D eigenvalue weighted by Gasteiger charge is 2.01. The standard InChI is InChI=1S/C14H18.C13H20FN.C10H16.C4H8.C2H2/c1-4-6-9-12(3)14-11-8-7-10-13(14)5-2;1-3-8-15-9-4-5-12-7-6-11(2)10-13(12)14;1-5-10(6-2)8-7-9(3)4;1-4(2)3;1-2/h4,6-11H,5H2,1-3H3;6-7,10,15H,3-5,8-9H2,1-2H3;5,7-8H,3,6H2,1-2,4H3;1H2,2-3H3;1-2H/b6-4-,12-9+;;8-7-,10-5+;;. The summed E-state index contributed by atoms with van der Waals surface area (Å²) in [5.74, 6) is -0.0644. The summed E-state index contributed by atoms with van der Waals surface area (Å²) in [6.45, 7) is 30.0.